The lowest BCUT2D eigenvalue weighted by Crippen LogP contribution is -2.40. The summed E-state index contributed by atoms with van der Waals surface area (Å²) < 4.78 is 5.05. The van der Waals surface area contributed by atoms with Crippen LogP contribution >= 0.6 is 0 Å². The zero-order valence-electron chi connectivity index (χ0n) is 10.2. The van der Waals surface area contributed by atoms with Gasteiger partial charge in [-0.2, -0.15) is 0 Å². The Hall–Kier alpha value is -2.08. The van der Waals surface area contributed by atoms with Crippen molar-refractivity contribution < 1.29 is 24.5 Å². The van der Waals surface area contributed by atoms with Crippen LogP contribution in [0.5, 0.6) is 0 Å². The van der Waals surface area contributed by atoms with Crippen LogP contribution in [0.1, 0.15) is 12.0 Å². The second kappa shape index (κ2) is 5.71. The molecule has 0 aromatic heterocycles. The first-order chi connectivity index (χ1) is 9.08. The van der Waals surface area contributed by atoms with Crippen LogP contribution < -0.4 is 0 Å². The van der Waals surface area contributed by atoms with Gasteiger partial charge in [0.2, 0.25) is 0 Å². The summed E-state index contributed by atoms with van der Waals surface area (Å²) in [4.78, 5) is 23.8. The van der Waals surface area contributed by atoms with Crippen LogP contribution in [0.4, 0.5) is 4.79 Å². The first kappa shape index (κ1) is 13.4. The summed E-state index contributed by atoms with van der Waals surface area (Å²) in [5.41, 5.74) is 0.822. The number of carbonyl (C=O) groups excluding carboxylic acids is 1. The molecule has 1 unspecified atom stereocenters. The van der Waals surface area contributed by atoms with Crippen molar-refractivity contribution in [1.82, 2.24) is 4.90 Å². The number of aliphatic carboxylic acids is 1. The highest BCUT2D eigenvalue weighted by atomic mass is 16.6. The summed E-state index contributed by atoms with van der Waals surface area (Å²) in [5.74, 6) is -1.13. The average molecular weight is 265 g/mol. The standard InChI is InChI=1S/C13H15NO5/c15-10-6-11(12(16)17)14(7-10)13(18)19-8-9-4-2-1-3-5-9/h1-5,10-11,15H,6-8H2,(H,16,17)/t10?,11-/m1/s1. The van der Waals surface area contributed by atoms with E-state index in [0.29, 0.717) is 0 Å². The Morgan fingerprint density at radius 1 is 1.32 bits per heavy atom. The van der Waals surface area contributed by atoms with Gasteiger partial charge in [0.25, 0.3) is 0 Å². The van der Waals surface area contributed by atoms with Crippen LogP contribution in [-0.4, -0.2) is 45.9 Å². The third-order valence-corrected chi connectivity index (χ3v) is 3.00. The molecule has 6 nitrogen and oxygen atoms in total. The van der Waals surface area contributed by atoms with E-state index in [0.717, 1.165) is 10.5 Å². The summed E-state index contributed by atoms with van der Waals surface area (Å²) in [6, 6.07) is 8.09. The first-order valence-corrected chi connectivity index (χ1v) is 5.96. The third kappa shape index (κ3) is 3.23. The van der Waals surface area contributed by atoms with Gasteiger partial charge in [0.1, 0.15) is 12.6 Å². The van der Waals surface area contributed by atoms with E-state index in [1.165, 1.54) is 0 Å². The number of nitrogens with zero attached hydrogens (tertiary/aromatic N) is 1. The molecule has 1 aromatic carbocycles. The molecular weight excluding hydrogens is 250 g/mol. The van der Waals surface area contributed by atoms with Crippen molar-refractivity contribution in [3.05, 3.63) is 35.9 Å². The molecule has 1 saturated heterocycles. The van der Waals surface area contributed by atoms with Crippen LogP contribution in [0, 0.1) is 0 Å². The van der Waals surface area contributed by atoms with Crippen molar-refractivity contribution >= 4 is 12.1 Å². The number of likely N-dealkylation sites (tertiary alicyclic amines) is 1. The van der Waals surface area contributed by atoms with Crippen molar-refractivity contribution in [2.45, 2.75) is 25.2 Å². The number of carboxylic acid groups (broad SMARTS) is 1. The molecular formula is C13H15NO5. The highest BCUT2D eigenvalue weighted by Crippen LogP contribution is 2.19. The lowest BCUT2D eigenvalue weighted by molar-refractivity contribution is -0.141. The van der Waals surface area contributed by atoms with E-state index in [1.807, 2.05) is 18.2 Å². The van der Waals surface area contributed by atoms with Gasteiger partial charge in [-0.15, -0.1) is 0 Å². The number of carboxylic acids is 1. The van der Waals surface area contributed by atoms with E-state index in [4.69, 9.17) is 9.84 Å². The van der Waals surface area contributed by atoms with E-state index in [2.05, 4.69) is 0 Å². The first-order valence-electron chi connectivity index (χ1n) is 5.96. The molecule has 1 heterocycles. The third-order valence-electron chi connectivity index (χ3n) is 3.00. The Morgan fingerprint density at radius 3 is 2.63 bits per heavy atom. The second-order valence-corrected chi connectivity index (χ2v) is 4.44. The molecule has 102 valence electrons. The quantitative estimate of drug-likeness (QED) is 0.845. The number of aliphatic hydroxyl groups excluding tert-OH is 1. The Bertz CT molecular complexity index is 461. The summed E-state index contributed by atoms with van der Waals surface area (Å²) >= 11 is 0. The lowest BCUT2D eigenvalue weighted by Gasteiger charge is -2.20. The van der Waals surface area contributed by atoms with Crippen LogP contribution in [0.3, 0.4) is 0 Å². The second-order valence-electron chi connectivity index (χ2n) is 4.44. The molecule has 6 heteroatoms. The number of carbonyl (C=O) groups is 2. The molecule has 0 aliphatic carbocycles. The fraction of sp³-hybridized carbons (Fsp3) is 0.385. The molecule has 1 amide bonds. The van der Waals surface area contributed by atoms with E-state index in [9.17, 15) is 14.7 Å². The maximum Gasteiger partial charge on any atom is 0.410 e. The van der Waals surface area contributed by atoms with Gasteiger partial charge in [-0.1, -0.05) is 30.3 Å². The van der Waals surface area contributed by atoms with Crippen molar-refractivity contribution in [3.8, 4) is 0 Å². The molecule has 1 aromatic rings. The van der Waals surface area contributed by atoms with Crippen LogP contribution in [0.15, 0.2) is 30.3 Å². The number of hydrogen-bond donors (Lipinski definition) is 2. The number of rotatable bonds is 3. The molecule has 1 aliphatic heterocycles. The van der Waals surface area contributed by atoms with Gasteiger partial charge in [-0.25, -0.2) is 9.59 Å². The minimum atomic E-state index is -1.13. The Kier molecular flexibility index (Phi) is 4.01. The van der Waals surface area contributed by atoms with E-state index >= 15 is 0 Å². The number of ether oxygens (including phenoxy) is 1. The molecule has 2 atom stereocenters. The van der Waals surface area contributed by atoms with Crippen molar-refractivity contribution in [1.29, 1.82) is 0 Å². The highest BCUT2D eigenvalue weighted by molar-refractivity contribution is 5.80. The number of aliphatic hydroxyl groups is 1. The molecule has 0 bridgehead atoms. The Balaban J connectivity index is 1.94. The minimum absolute atomic E-state index is 0.00934. The monoisotopic (exact) mass is 265 g/mol. The van der Waals surface area contributed by atoms with Gasteiger partial charge in [0, 0.05) is 6.42 Å². The molecule has 1 aliphatic rings. The van der Waals surface area contributed by atoms with Gasteiger partial charge >= 0.3 is 12.1 Å². The van der Waals surface area contributed by atoms with E-state index < -0.39 is 24.2 Å². The van der Waals surface area contributed by atoms with Gasteiger partial charge in [-0.05, 0) is 5.56 Å². The van der Waals surface area contributed by atoms with E-state index in [1.54, 1.807) is 12.1 Å². The largest absolute Gasteiger partial charge is 0.480 e. The molecule has 0 spiro atoms. The van der Waals surface area contributed by atoms with Crippen LogP contribution in [0.2, 0.25) is 0 Å². The lowest BCUT2D eigenvalue weighted by atomic mass is 10.2. The van der Waals surface area contributed by atoms with Crippen molar-refractivity contribution in [2.24, 2.45) is 0 Å². The Morgan fingerprint density at radius 2 is 2.00 bits per heavy atom. The zero-order chi connectivity index (χ0) is 13.8. The average Bonchev–Trinajstić information content (AvgIpc) is 2.79. The number of benzene rings is 1. The SMILES string of the molecule is O=C(O)[C@H]1CC(O)CN1C(=O)OCc1ccccc1. The smallest absolute Gasteiger partial charge is 0.410 e. The minimum Gasteiger partial charge on any atom is -0.480 e. The summed E-state index contributed by atoms with van der Waals surface area (Å²) in [7, 11) is 0. The molecule has 0 saturated carbocycles. The molecule has 0 radical (unpaired) electrons. The predicted molar refractivity (Wildman–Crippen MR) is 65.4 cm³/mol. The molecule has 2 rings (SSSR count). The van der Waals surface area contributed by atoms with E-state index in [-0.39, 0.29) is 19.6 Å². The normalized spacial score (nSPS) is 22.3. The molecule has 19 heavy (non-hydrogen) atoms. The topological polar surface area (TPSA) is 87.1 Å². The zero-order valence-corrected chi connectivity index (χ0v) is 10.2. The van der Waals surface area contributed by atoms with Crippen molar-refractivity contribution in [3.63, 3.8) is 0 Å². The fourth-order valence-corrected chi connectivity index (χ4v) is 2.05. The highest BCUT2D eigenvalue weighted by Gasteiger charge is 2.39. The summed E-state index contributed by atoms with van der Waals surface area (Å²) in [5, 5.41) is 18.4. The van der Waals surface area contributed by atoms with Gasteiger partial charge in [-0.3, -0.25) is 4.90 Å². The molecule has 1 fully saturated rings. The van der Waals surface area contributed by atoms with Crippen LogP contribution in [-0.2, 0) is 16.1 Å². The van der Waals surface area contributed by atoms with Gasteiger partial charge < -0.3 is 14.9 Å². The van der Waals surface area contributed by atoms with Crippen LogP contribution in [0.25, 0.3) is 0 Å². The van der Waals surface area contributed by atoms with Crippen molar-refractivity contribution in [2.75, 3.05) is 6.54 Å². The number of amides is 1. The maximum atomic E-state index is 11.8. The van der Waals surface area contributed by atoms with Gasteiger partial charge in [0.05, 0.1) is 12.6 Å². The summed E-state index contributed by atoms with van der Waals surface area (Å²) in [6.07, 6.45) is -1.49. The molecule has 2 N–H and O–H groups in total. The number of hydrogen-bond acceptors (Lipinski definition) is 4. The number of β-amino-alcohol motifs (C(OH)–C–C–N with tert-alkyl or cyclic N) is 1. The fourth-order valence-electron chi connectivity index (χ4n) is 2.05. The Labute approximate surface area is 110 Å². The predicted octanol–water partition coefficient (Wildman–Crippen LogP) is 0.843. The maximum absolute atomic E-state index is 11.8. The van der Waals surface area contributed by atoms with Gasteiger partial charge in [0.15, 0.2) is 0 Å². The summed E-state index contributed by atoms with van der Waals surface area (Å²) in [6.45, 7) is 0.0726.